The van der Waals surface area contributed by atoms with Gasteiger partial charge < -0.3 is 23.7 Å². The van der Waals surface area contributed by atoms with Crippen LogP contribution in [0.1, 0.15) is 64.9 Å². The smallest absolute Gasteiger partial charge is 0.384 e. The van der Waals surface area contributed by atoms with Crippen molar-refractivity contribution in [3.8, 4) is 0 Å². The van der Waals surface area contributed by atoms with E-state index in [2.05, 4.69) is 0 Å². The number of benzene rings is 1. The molecule has 190 valence electrons. The molecule has 1 saturated carbocycles. The van der Waals surface area contributed by atoms with Gasteiger partial charge in [0.1, 0.15) is 5.60 Å². The van der Waals surface area contributed by atoms with Crippen LogP contribution < -0.4 is 0 Å². The predicted octanol–water partition coefficient (Wildman–Crippen LogP) is 4.02. The lowest BCUT2D eigenvalue weighted by Gasteiger charge is -2.42. The molecule has 0 amide bonds. The molecule has 0 bridgehead atoms. The van der Waals surface area contributed by atoms with Crippen LogP contribution in [-0.2, 0) is 39.9 Å². The molecule has 1 saturated heterocycles. The minimum atomic E-state index is -1.69. The summed E-state index contributed by atoms with van der Waals surface area (Å²) in [7, 11) is 1.41. The Bertz CT molecular complexity index is 780. The van der Waals surface area contributed by atoms with Gasteiger partial charge in [0.05, 0.1) is 25.7 Å². The van der Waals surface area contributed by atoms with E-state index in [9.17, 15) is 9.59 Å². The highest BCUT2D eigenvalue weighted by Gasteiger charge is 2.53. The van der Waals surface area contributed by atoms with Crippen LogP contribution in [0.4, 0.5) is 0 Å². The predicted molar refractivity (Wildman–Crippen MR) is 125 cm³/mol. The van der Waals surface area contributed by atoms with Gasteiger partial charge in [-0.25, -0.2) is 9.69 Å². The van der Waals surface area contributed by atoms with Gasteiger partial charge in [-0.15, -0.1) is 0 Å². The van der Waals surface area contributed by atoms with Crippen LogP contribution in [-0.4, -0.2) is 61.4 Å². The molecule has 0 aromatic heterocycles. The zero-order valence-corrected chi connectivity index (χ0v) is 20.9. The molecule has 3 rings (SSSR count). The molecule has 2 aliphatic rings. The third-order valence-electron chi connectivity index (χ3n) is 6.16. The Hall–Kier alpha value is -2.00. The van der Waals surface area contributed by atoms with Crippen molar-refractivity contribution in [3.63, 3.8) is 0 Å². The third-order valence-corrected chi connectivity index (χ3v) is 6.16. The summed E-state index contributed by atoms with van der Waals surface area (Å²) < 4.78 is 29.1. The van der Waals surface area contributed by atoms with Crippen molar-refractivity contribution in [2.45, 2.75) is 83.5 Å². The van der Waals surface area contributed by atoms with Crippen LogP contribution >= 0.6 is 0 Å². The average Bonchev–Trinajstić information content (AvgIpc) is 3.36. The summed E-state index contributed by atoms with van der Waals surface area (Å²) >= 11 is 0. The highest BCUT2D eigenvalue weighted by molar-refractivity contribution is 5.78. The van der Waals surface area contributed by atoms with Gasteiger partial charge in [0.2, 0.25) is 0 Å². The summed E-state index contributed by atoms with van der Waals surface area (Å²) in [4.78, 5) is 27.4. The Kier molecular flexibility index (Phi) is 9.47. The van der Waals surface area contributed by atoms with E-state index >= 15 is 0 Å². The van der Waals surface area contributed by atoms with Crippen molar-refractivity contribution < 1.29 is 33.3 Å². The second-order valence-electron chi connectivity index (χ2n) is 9.99. The quantitative estimate of drug-likeness (QED) is 0.284. The minimum absolute atomic E-state index is 0.123. The van der Waals surface area contributed by atoms with E-state index in [1.165, 1.54) is 7.11 Å². The van der Waals surface area contributed by atoms with Crippen molar-refractivity contribution in [1.29, 1.82) is 0 Å². The molecular weight excluding hydrogens is 438 g/mol. The van der Waals surface area contributed by atoms with Crippen molar-refractivity contribution in [2.75, 3.05) is 27.0 Å². The molecule has 1 aromatic carbocycles. The number of nitrogens with zero attached hydrogens (tertiary/aromatic N) is 1. The summed E-state index contributed by atoms with van der Waals surface area (Å²) in [5, 5.41) is 0. The Labute approximate surface area is 202 Å². The summed E-state index contributed by atoms with van der Waals surface area (Å²) in [6.07, 6.45) is 4.19. The maximum Gasteiger partial charge on any atom is 0.384 e. The highest BCUT2D eigenvalue weighted by atomic mass is 16.8. The van der Waals surface area contributed by atoms with Crippen LogP contribution in [0.25, 0.3) is 0 Å². The van der Waals surface area contributed by atoms with Gasteiger partial charge >= 0.3 is 17.8 Å². The summed E-state index contributed by atoms with van der Waals surface area (Å²) in [5.74, 6) is -2.59. The van der Waals surface area contributed by atoms with Gasteiger partial charge in [0.15, 0.2) is 6.79 Å². The molecule has 1 heterocycles. The topological polar surface area (TPSA) is 83.5 Å². The first kappa shape index (κ1) is 26.6. The van der Waals surface area contributed by atoms with E-state index in [-0.39, 0.29) is 24.8 Å². The molecule has 1 atom stereocenters. The standard InChI is InChI=1S/C26H39NO7/c1-25(2,3)34-24(29)26(27-16-8-9-17-27,32-19-31-18-20-10-6-5-7-11-20)33-22-14-12-21(13-15-22)23(28)30-4/h5-7,10-11,21-22H,8-9,12-19H2,1-4H3. The van der Waals surface area contributed by atoms with Gasteiger partial charge in [0, 0.05) is 13.1 Å². The minimum Gasteiger partial charge on any atom is -0.469 e. The normalized spacial score (nSPS) is 23.3. The number of hydrogen-bond donors (Lipinski definition) is 0. The average molecular weight is 478 g/mol. The van der Waals surface area contributed by atoms with Crippen molar-refractivity contribution in [3.05, 3.63) is 35.9 Å². The van der Waals surface area contributed by atoms with E-state index in [0.29, 0.717) is 45.4 Å². The van der Waals surface area contributed by atoms with E-state index in [4.69, 9.17) is 23.7 Å². The molecule has 1 unspecified atom stereocenters. The zero-order chi connectivity index (χ0) is 24.6. The molecule has 1 aromatic rings. The molecule has 1 aliphatic carbocycles. The van der Waals surface area contributed by atoms with Crippen LogP contribution in [0.15, 0.2) is 30.3 Å². The lowest BCUT2D eigenvalue weighted by atomic mass is 9.87. The summed E-state index contributed by atoms with van der Waals surface area (Å²) in [6, 6.07) is 9.78. The van der Waals surface area contributed by atoms with Gasteiger partial charge in [0.25, 0.3) is 0 Å². The fourth-order valence-corrected chi connectivity index (χ4v) is 4.45. The molecule has 2 fully saturated rings. The van der Waals surface area contributed by atoms with Crippen molar-refractivity contribution in [2.24, 2.45) is 5.92 Å². The number of esters is 2. The highest BCUT2D eigenvalue weighted by Crippen LogP contribution is 2.35. The van der Waals surface area contributed by atoms with E-state index < -0.39 is 17.5 Å². The fourth-order valence-electron chi connectivity index (χ4n) is 4.45. The van der Waals surface area contributed by atoms with Crippen LogP contribution in [0.2, 0.25) is 0 Å². The molecule has 0 radical (unpaired) electrons. The molecule has 34 heavy (non-hydrogen) atoms. The number of carbonyl (C=O) groups is 2. The lowest BCUT2D eigenvalue weighted by molar-refractivity contribution is -0.346. The van der Waals surface area contributed by atoms with Crippen molar-refractivity contribution in [1.82, 2.24) is 4.90 Å². The number of rotatable bonds is 10. The number of methoxy groups -OCH3 is 1. The maximum absolute atomic E-state index is 13.6. The first-order valence-electron chi connectivity index (χ1n) is 12.2. The SMILES string of the molecule is COC(=O)C1CCC(OC(OCOCc2ccccc2)(C(=O)OC(C)(C)C)N2CCCC2)CC1. The maximum atomic E-state index is 13.6. The van der Waals surface area contributed by atoms with Gasteiger partial charge in [-0.3, -0.25) is 4.79 Å². The molecule has 1 aliphatic heterocycles. The van der Waals surface area contributed by atoms with Gasteiger partial charge in [-0.2, -0.15) is 0 Å². The number of likely N-dealkylation sites (tertiary alicyclic amines) is 1. The molecular formula is C26H39NO7. The van der Waals surface area contributed by atoms with E-state index in [0.717, 1.165) is 18.4 Å². The first-order valence-corrected chi connectivity index (χ1v) is 12.2. The Balaban J connectivity index is 1.74. The monoisotopic (exact) mass is 477 g/mol. The largest absolute Gasteiger partial charge is 0.469 e. The van der Waals surface area contributed by atoms with Crippen LogP contribution in [0, 0.1) is 5.92 Å². The van der Waals surface area contributed by atoms with Gasteiger partial charge in [-0.05, 0) is 64.9 Å². The Morgan fingerprint density at radius 1 is 1.00 bits per heavy atom. The van der Waals surface area contributed by atoms with Crippen LogP contribution in [0.5, 0.6) is 0 Å². The second-order valence-corrected chi connectivity index (χ2v) is 9.99. The van der Waals surface area contributed by atoms with E-state index in [1.54, 1.807) is 0 Å². The molecule has 0 N–H and O–H groups in total. The third kappa shape index (κ3) is 7.25. The molecule has 8 heteroatoms. The van der Waals surface area contributed by atoms with E-state index in [1.807, 2.05) is 56.0 Å². The van der Waals surface area contributed by atoms with Crippen molar-refractivity contribution >= 4 is 11.9 Å². The Morgan fingerprint density at radius 2 is 1.65 bits per heavy atom. The zero-order valence-electron chi connectivity index (χ0n) is 20.9. The second kappa shape index (κ2) is 12.1. The molecule has 0 spiro atoms. The number of carbonyl (C=O) groups excluding carboxylic acids is 2. The fraction of sp³-hybridized carbons (Fsp3) is 0.692. The first-order chi connectivity index (χ1) is 16.2. The number of hydrogen-bond acceptors (Lipinski definition) is 8. The number of ether oxygens (including phenoxy) is 5. The molecule has 8 nitrogen and oxygen atoms in total. The lowest BCUT2D eigenvalue weighted by Crippen LogP contribution is -2.61. The summed E-state index contributed by atoms with van der Waals surface area (Å²) in [5.41, 5.74) is 0.305. The Morgan fingerprint density at radius 3 is 2.24 bits per heavy atom. The van der Waals surface area contributed by atoms with Gasteiger partial charge in [-0.1, -0.05) is 30.3 Å². The summed E-state index contributed by atoms with van der Waals surface area (Å²) in [6.45, 7) is 7.04. The van der Waals surface area contributed by atoms with Crippen LogP contribution in [0.3, 0.4) is 0 Å².